The van der Waals surface area contributed by atoms with E-state index in [4.69, 9.17) is 0 Å². The number of nitrogens with zero attached hydrogens (tertiary/aromatic N) is 1. The number of carbonyl (C=O) groups is 2. The molecule has 0 spiro atoms. The molecule has 0 saturated heterocycles. The standard InChI is InChI=1S/C15H16N2O2/c1-10(2)14(18)9-17-15(19)12-7-8-16-13-6-4-3-5-11(12)13/h3-8,10H,9H2,1-2H3,(H,17,19). The molecule has 0 bridgehead atoms. The monoisotopic (exact) mass is 256 g/mol. The van der Waals surface area contributed by atoms with Gasteiger partial charge in [0.2, 0.25) is 0 Å². The molecule has 1 amide bonds. The summed E-state index contributed by atoms with van der Waals surface area (Å²) < 4.78 is 0. The smallest absolute Gasteiger partial charge is 0.252 e. The first-order chi connectivity index (χ1) is 9.09. The Morgan fingerprint density at radius 1 is 1.21 bits per heavy atom. The van der Waals surface area contributed by atoms with Crippen molar-refractivity contribution in [3.63, 3.8) is 0 Å². The average molecular weight is 256 g/mol. The van der Waals surface area contributed by atoms with E-state index in [-0.39, 0.29) is 24.2 Å². The summed E-state index contributed by atoms with van der Waals surface area (Å²) in [5, 5.41) is 3.45. The Morgan fingerprint density at radius 2 is 1.95 bits per heavy atom. The van der Waals surface area contributed by atoms with Crippen LogP contribution < -0.4 is 5.32 Å². The number of fused-ring (bicyclic) bond motifs is 1. The number of hydrogen-bond acceptors (Lipinski definition) is 3. The quantitative estimate of drug-likeness (QED) is 0.912. The highest BCUT2D eigenvalue weighted by molar-refractivity contribution is 6.06. The van der Waals surface area contributed by atoms with E-state index in [1.165, 1.54) is 0 Å². The molecule has 98 valence electrons. The first kappa shape index (κ1) is 13.2. The zero-order chi connectivity index (χ0) is 13.8. The molecule has 0 radical (unpaired) electrons. The summed E-state index contributed by atoms with van der Waals surface area (Å²) in [6.45, 7) is 3.69. The Hall–Kier alpha value is -2.23. The number of para-hydroxylation sites is 1. The highest BCUT2D eigenvalue weighted by atomic mass is 16.2. The third-order valence-corrected chi connectivity index (χ3v) is 2.96. The predicted octanol–water partition coefficient (Wildman–Crippen LogP) is 2.19. The second-order valence-corrected chi connectivity index (χ2v) is 4.68. The van der Waals surface area contributed by atoms with Gasteiger partial charge in [0, 0.05) is 17.5 Å². The molecule has 1 aromatic carbocycles. The molecule has 2 aromatic rings. The van der Waals surface area contributed by atoms with Gasteiger partial charge >= 0.3 is 0 Å². The van der Waals surface area contributed by atoms with E-state index in [1.54, 1.807) is 12.3 Å². The molecule has 0 fully saturated rings. The second kappa shape index (κ2) is 5.61. The van der Waals surface area contributed by atoms with Gasteiger partial charge < -0.3 is 5.32 Å². The van der Waals surface area contributed by atoms with E-state index in [2.05, 4.69) is 10.3 Å². The third-order valence-electron chi connectivity index (χ3n) is 2.96. The van der Waals surface area contributed by atoms with Crippen molar-refractivity contribution >= 4 is 22.6 Å². The van der Waals surface area contributed by atoms with E-state index in [0.29, 0.717) is 5.56 Å². The molecule has 2 rings (SSSR count). The molecule has 0 aliphatic rings. The molecule has 1 N–H and O–H groups in total. The molecule has 4 heteroatoms. The maximum atomic E-state index is 12.1. The normalized spacial score (nSPS) is 10.7. The van der Waals surface area contributed by atoms with Gasteiger partial charge in [-0.1, -0.05) is 32.0 Å². The maximum absolute atomic E-state index is 12.1. The Labute approximate surface area is 111 Å². The van der Waals surface area contributed by atoms with Crippen LogP contribution in [-0.2, 0) is 4.79 Å². The van der Waals surface area contributed by atoms with Gasteiger partial charge in [0.1, 0.15) is 0 Å². The van der Waals surface area contributed by atoms with Gasteiger partial charge in [-0.2, -0.15) is 0 Å². The molecule has 19 heavy (non-hydrogen) atoms. The zero-order valence-corrected chi connectivity index (χ0v) is 11.0. The molecule has 1 aromatic heterocycles. The topological polar surface area (TPSA) is 59.1 Å². The fourth-order valence-corrected chi connectivity index (χ4v) is 1.76. The summed E-state index contributed by atoms with van der Waals surface area (Å²) in [4.78, 5) is 27.8. The molecule has 0 aliphatic heterocycles. The van der Waals surface area contributed by atoms with Crippen LogP contribution in [0.15, 0.2) is 36.5 Å². The van der Waals surface area contributed by atoms with Gasteiger partial charge in [-0.25, -0.2) is 0 Å². The summed E-state index contributed by atoms with van der Waals surface area (Å²) in [5.74, 6) is -0.297. The van der Waals surface area contributed by atoms with Gasteiger partial charge in [-0.3, -0.25) is 14.6 Å². The Morgan fingerprint density at radius 3 is 2.68 bits per heavy atom. The SMILES string of the molecule is CC(C)C(=O)CNC(=O)c1ccnc2ccccc12. The first-order valence-electron chi connectivity index (χ1n) is 6.24. The molecule has 4 nitrogen and oxygen atoms in total. The van der Waals surface area contributed by atoms with Gasteiger partial charge in [0.05, 0.1) is 17.6 Å². The molecule has 0 saturated carbocycles. The van der Waals surface area contributed by atoms with Crippen LogP contribution in [0.2, 0.25) is 0 Å². The lowest BCUT2D eigenvalue weighted by molar-refractivity contribution is -0.120. The van der Waals surface area contributed by atoms with Crippen LogP contribution in [0, 0.1) is 5.92 Å². The average Bonchev–Trinajstić information content (AvgIpc) is 2.43. The minimum atomic E-state index is -0.243. The van der Waals surface area contributed by atoms with Crippen molar-refractivity contribution < 1.29 is 9.59 Å². The van der Waals surface area contributed by atoms with Crippen LogP contribution in [0.4, 0.5) is 0 Å². The second-order valence-electron chi connectivity index (χ2n) is 4.68. The number of carbonyl (C=O) groups excluding carboxylic acids is 2. The highest BCUT2D eigenvalue weighted by Gasteiger charge is 2.13. The van der Waals surface area contributed by atoms with Crippen LogP contribution >= 0.6 is 0 Å². The summed E-state index contributed by atoms with van der Waals surface area (Å²) in [5.41, 5.74) is 1.31. The minimum absolute atomic E-state index is 0.0201. The van der Waals surface area contributed by atoms with Gasteiger partial charge in [0.15, 0.2) is 5.78 Å². The number of amides is 1. The number of ketones is 1. The van der Waals surface area contributed by atoms with Crippen molar-refractivity contribution in [2.75, 3.05) is 6.54 Å². The predicted molar refractivity (Wildman–Crippen MR) is 73.9 cm³/mol. The first-order valence-corrected chi connectivity index (χ1v) is 6.24. The molecule has 0 aliphatic carbocycles. The Kier molecular flexibility index (Phi) is 3.90. The van der Waals surface area contributed by atoms with Gasteiger partial charge in [-0.05, 0) is 12.1 Å². The summed E-state index contributed by atoms with van der Waals surface area (Å²) in [7, 11) is 0. The number of benzene rings is 1. The lowest BCUT2D eigenvalue weighted by atomic mass is 10.1. The Bertz CT molecular complexity index is 615. The molecule has 1 heterocycles. The van der Waals surface area contributed by atoms with Crippen molar-refractivity contribution in [1.82, 2.24) is 10.3 Å². The summed E-state index contributed by atoms with van der Waals surface area (Å²) >= 11 is 0. The van der Waals surface area contributed by atoms with Crippen LogP contribution in [-0.4, -0.2) is 23.2 Å². The van der Waals surface area contributed by atoms with Crippen LogP contribution in [0.25, 0.3) is 10.9 Å². The van der Waals surface area contributed by atoms with E-state index >= 15 is 0 Å². The minimum Gasteiger partial charge on any atom is -0.345 e. The van der Waals surface area contributed by atoms with E-state index in [0.717, 1.165) is 10.9 Å². The molecule has 0 atom stereocenters. The van der Waals surface area contributed by atoms with Crippen molar-refractivity contribution in [3.05, 3.63) is 42.1 Å². The molecular weight excluding hydrogens is 240 g/mol. The van der Waals surface area contributed by atoms with Gasteiger partial charge in [-0.15, -0.1) is 0 Å². The number of aromatic nitrogens is 1. The van der Waals surface area contributed by atoms with E-state index in [9.17, 15) is 9.59 Å². The van der Waals surface area contributed by atoms with Crippen molar-refractivity contribution in [2.45, 2.75) is 13.8 Å². The van der Waals surface area contributed by atoms with Crippen molar-refractivity contribution in [3.8, 4) is 0 Å². The van der Waals surface area contributed by atoms with Crippen LogP contribution in [0.5, 0.6) is 0 Å². The summed E-state index contributed by atoms with van der Waals surface area (Å²) in [6.07, 6.45) is 1.60. The highest BCUT2D eigenvalue weighted by Crippen LogP contribution is 2.15. The fourth-order valence-electron chi connectivity index (χ4n) is 1.76. The number of Topliss-reactive ketones (excluding diaryl/α,β-unsaturated/α-hetero) is 1. The third kappa shape index (κ3) is 2.96. The largest absolute Gasteiger partial charge is 0.345 e. The van der Waals surface area contributed by atoms with Crippen LogP contribution in [0.3, 0.4) is 0 Å². The molecular formula is C15H16N2O2. The fraction of sp³-hybridized carbons (Fsp3) is 0.267. The number of hydrogen-bond donors (Lipinski definition) is 1. The van der Waals surface area contributed by atoms with Crippen molar-refractivity contribution in [2.24, 2.45) is 5.92 Å². The molecule has 0 unspecified atom stereocenters. The number of nitrogens with one attached hydrogen (secondary N) is 1. The lowest BCUT2D eigenvalue weighted by Crippen LogP contribution is -2.31. The lowest BCUT2D eigenvalue weighted by Gasteiger charge is -2.08. The van der Waals surface area contributed by atoms with Gasteiger partial charge in [0.25, 0.3) is 5.91 Å². The summed E-state index contributed by atoms with van der Waals surface area (Å²) in [6, 6.07) is 9.10. The maximum Gasteiger partial charge on any atom is 0.252 e. The van der Waals surface area contributed by atoms with E-state index in [1.807, 2.05) is 38.1 Å². The van der Waals surface area contributed by atoms with Crippen molar-refractivity contribution in [1.29, 1.82) is 0 Å². The van der Waals surface area contributed by atoms with Crippen LogP contribution in [0.1, 0.15) is 24.2 Å². The Balaban J connectivity index is 2.20. The van der Waals surface area contributed by atoms with E-state index < -0.39 is 0 Å². The number of rotatable bonds is 4. The zero-order valence-electron chi connectivity index (χ0n) is 11.0. The number of pyridine rings is 1.